The summed E-state index contributed by atoms with van der Waals surface area (Å²) in [6, 6.07) is 3.07. The monoisotopic (exact) mass is 195 g/mol. The summed E-state index contributed by atoms with van der Waals surface area (Å²) >= 11 is 0. The van der Waals surface area contributed by atoms with Crippen molar-refractivity contribution in [3.63, 3.8) is 0 Å². The van der Waals surface area contributed by atoms with E-state index < -0.39 is 0 Å². The van der Waals surface area contributed by atoms with Crippen molar-refractivity contribution in [2.45, 2.75) is 46.2 Å². The Morgan fingerprint density at radius 3 is 2.64 bits per heavy atom. The Bertz CT molecular complexity index is 265. The quantitative estimate of drug-likeness (QED) is 0.780. The SMILES string of the molecule is CCC(CNC(C)C)n1nccc1C. The van der Waals surface area contributed by atoms with Gasteiger partial charge in [0.1, 0.15) is 0 Å². The summed E-state index contributed by atoms with van der Waals surface area (Å²) in [7, 11) is 0. The predicted octanol–water partition coefficient (Wildman–Crippen LogP) is 2.14. The van der Waals surface area contributed by atoms with Crippen molar-refractivity contribution in [3.8, 4) is 0 Å². The van der Waals surface area contributed by atoms with Crippen LogP contribution in [0.3, 0.4) is 0 Å². The van der Waals surface area contributed by atoms with E-state index >= 15 is 0 Å². The molecule has 1 unspecified atom stereocenters. The van der Waals surface area contributed by atoms with Crippen molar-refractivity contribution in [2.24, 2.45) is 0 Å². The van der Waals surface area contributed by atoms with Crippen molar-refractivity contribution < 1.29 is 0 Å². The first-order valence-electron chi connectivity index (χ1n) is 5.38. The summed E-state index contributed by atoms with van der Waals surface area (Å²) in [5.74, 6) is 0. The first-order chi connectivity index (χ1) is 6.65. The largest absolute Gasteiger partial charge is 0.312 e. The van der Waals surface area contributed by atoms with E-state index in [1.807, 2.05) is 6.20 Å². The van der Waals surface area contributed by atoms with Crippen molar-refractivity contribution in [2.75, 3.05) is 6.54 Å². The highest BCUT2D eigenvalue weighted by Crippen LogP contribution is 2.11. The number of aromatic nitrogens is 2. The topological polar surface area (TPSA) is 29.9 Å². The van der Waals surface area contributed by atoms with Gasteiger partial charge in [-0.25, -0.2) is 0 Å². The van der Waals surface area contributed by atoms with Crippen LogP contribution in [-0.4, -0.2) is 22.4 Å². The van der Waals surface area contributed by atoms with Gasteiger partial charge in [-0.05, 0) is 19.4 Å². The molecule has 1 N–H and O–H groups in total. The lowest BCUT2D eigenvalue weighted by Crippen LogP contribution is -2.31. The van der Waals surface area contributed by atoms with Gasteiger partial charge in [0.2, 0.25) is 0 Å². The Kier molecular flexibility index (Phi) is 4.14. The number of hydrogen-bond acceptors (Lipinski definition) is 2. The van der Waals surface area contributed by atoms with E-state index in [4.69, 9.17) is 0 Å². The van der Waals surface area contributed by atoms with Crippen LogP contribution >= 0.6 is 0 Å². The summed E-state index contributed by atoms with van der Waals surface area (Å²) in [6.07, 6.45) is 2.98. The second kappa shape index (κ2) is 5.15. The maximum atomic E-state index is 4.34. The maximum Gasteiger partial charge on any atom is 0.0644 e. The number of aryl methyl sites for hydroxylation is 1. The molecule has 0 aliphatic carbocycles. The molecule has 1 rings (SSSR count). The molecule has 1 atom stereocenters. The van der Waals surface area contributed by atoms with E-state index in [0.717, 1.165) is 13.0 Å². The zero-order chi connectivity index (χ0) is 10.6. The van der Waals surface area contributed by atoms with Crippen LogP contribution in [0.1, 0.15) is 38.9 Å². The van der Waals surface area contributed by atoms with Gasteiger partial charge >= 0.3 is 0 Å². The molecule has 80 valence electrons. The van der Waals surface area contributed by atoms with Gasteiger partial charge in [0.05, 0.1) is 6.04 Å². The molecule has 0 saturated carbocycles. The van der Waals surface area contributed by atoms with E-state index in [0.29, 0.717) is 12.1 Å². The van der Waals surface area contributed by atoms with Crippen molar-refractivity contribution in [3.05, 3.63) is 18.0 Å². The minimum absolute atomic E-state index is 0.479. The van der Waals surface area contributed by atoms with E-state index in [9.17, 15) is 0 Å². The zero-order valence-electron chi connectivity index (χ0n) is 9.62. The Hall–Kier alpha value is -0.830. The Labute approximate surface area is 86.5 Å². The molecule has 3 nitrogen and oxygen atoms in total. The van der Waals surface area contributed by atoms with Gasteiger partial charge in [-0.3, -0.25) is 4.68 Å². The number of nitrogens with zero attached hydrogens (tertiary/aromatic N) is 2. The highest BCUT2D eigenvalue weighted by Gasteiger charge is 2.10. The molecule has 0 aliphatic heterocycles. The Morgan fingerprint density at radius 1 is 1.50 bits per heavy atom. The average Bonchev–Trinajstić information content (AvgIpc) is 2.53. The molecule has 1 aromatic rings. The van der Waals surface area contributed by atoms with Gasteiger partial charge in [-0.15, -0.1) is 0 Å². The highest BCUT2D eigenvalue weighted by molar-refractivity contribution is 4.98. The summed E-state index contributed by atoms with van der Waals surface area (Å²) in [6.45, 7) is 9.64. The molecule has 0 fully saturated rings. The summed E-state index contributed by atoms with van der Waals surface area (Å²) in [5, 5.41) is 7.79. The molecular formula is C11H21N3. The molecule has 1 heterocycles. The summed E-state index contributed by atoms with van der Waals surface area (Å²) in [4.78, 5) is 0. The fourth-order valence-electron chi connectivity index (χ4n) is 1.54. The van der Waals surface area contributed by atoms with Crippen LogP contribution in [0.5, 0.6) is 0 Å². The van der Waals surface area contributed by atoms with Gasteiger partial charge in [0.25, 0.3) is 0 Å². The van der Waals surface area contributed by atoms with Crippen LogP contribution in [-0.2, 0) is 0 Å². The first-order valence-corrected chi connectivity index (χ1v) is 5.38. The van der Waals surface area contributed by atoms with E-state index in [1.54, 1.807) is 0 Å². The van der Waals surface area contributed by atoms with E-state index in [-0.39, 0.29) is 0 Å². The van der Waals surface area contributed by atoms with Gasteiger partial charge in [0.15, 0.2) is 0 Å². The molecule has 0 amide bonds. The van der Waals surface area contributed by atoms with Gasteiger partial charge < -0.3 is 5.32 Å². The average molecular weight is 195 g/mol. The second-order valence-corrected chi connectivity index (χ2v) is 4.04. The first kappa shape index (κ1) is 11.2. The Balaban J connectivity index is 2.58. The maximum absolute atomic E-state index is 4.34. The van der Waals surface area contributed by atoms with Crippen LogP contribution in [0.15, 0.2) is 12.3 Å². The lowest BCUT2D eigenvalue weighted by molar-refractivity contribution is 0.390. The standard InChI is InChI=1S/C11H21N3/c1-5-11(8-12-9(2)3)14-10(4)6-7-13-14/h6-7,9,11-12H,5,8H2,1-4H3. The third-order valence-electron chi connectivity index (χ3n) is 2.45. The van der Waals surface area contributed by atoms with Crippen molar-refractivity contribution >= 4 is 0 Å². The lowest BCUT2D eigenvalue weighted by atomic mass is 10.2. The minimum Gasteiger partial charge on any atom is -0.312 e. The molecular weight excluding hydrogens is 174 g/mol. The summed E-state index contributed by atoms with van der Waals surface area (Å²) in [5.41, 5.74) is 1.24. The van der Waals surface area contributed by atoms with Crippen LogP contribution in [0, 0.1) is 6.92 Å². The molecule has 14 heavy (non-hydrogen) atoms. The van der Waals surface area contributed by atoms with Gasteiger partial charge in [0, 0.05) is 24.5 Å². The van der Waals surface area contributed by atoms with Crippen LogP contribution in [0.4, 0.5) is 0 Å². The molecule has 0 aromatic carbocycles. The molecule has 0 saturated heterocycles. The molecule has 0 bridgehead atoms. The van der Waals surface area contributed by atoms with Crippen LogP contribution < -0.4 is 5.32 Å². The lowest BCUT2D eigenvalue weighted by Gasteiger charge is -2.19. The number of nitrogens with one attached hydrogen (secondary N) is 1. The highest BCUT2D eigenvalue weighted by atomic mass is 15.3. The van der Waals surface area contributed by atoms with E-state index in [2.05, 4.69) is 48.9 Å². The number of hydrogen-bond donors (Lipinski definition) is 1. The fourth-order valence-corrected chi connectivity index (χ4v) is 1.54. The van der Waals surface area contributed by atoms with Gasteiger partial charge in [-0.2, -0.15) is 5.10 Å². The molecule has 0 radical (unpaired) electrons. The molecule has 1 aromatic heterocycles. The second-order valence-electron chi connectivity index (χ2n) is 4.04. The normalized spacial score (nSPS) is 13.5. The van der Waals surface area contributed by atoms with Crippen molar-refractivity contribution in [1.82, 2.24) is 15.1 Å². The minimum atomic E-state index is 0.479. The van der Waals surface area contributed by atoms with E-state index in [1.165, 1.54) is 5.69 Å². The third-order valence-corrected chi connectivity index (χ3v) is 2.45. The van der Waals surface area contributed by atoms with Gasteiger partial charge in [-0.1, -0.05) is 20.8 Å². The van der Waals surface area contributed by atoms with Crippen LogP contribution in [0.25, 0.3) is 0 Å². The number of rotatable bonds is 5. The van der Waals surface area contributed by atoms with Crippen LogP contribution in [0.2, 0.25) is 0 Å². The predicted molar refractivity (Wildman–Crippen MR) is 59.4 cm³/mol. The molecule has 0 aliphatic rings. The smallest absolute Gasteiger partial charge is 0.0644 e. The fraction of sp³-hybridized carbons (Fsp3) is 0.727. The molecule has 3 heteroatoms. The Morgan fingerprint density at radius 2 is 2.21 bits per heavy atom. The third kappa shape index (κ3) is 2.84. The molecule has 0 spiro atoms. The van der Waals surface area contributed by atoms with Crippen molar-refractivity contribution in [1.29, 1.82) is 0 Å². The summed E-state index contributed by atoms with van der Waals surface area (Å²) < 4.78 is 2.11. The zero-order valence-corrected chi connectivity index (χ0v) is 9.62.